The molecule has 0 amide bonds. The van der Waals surface area contributed by atoms with Gasteiger partial charge in [-0.2, -0.15) is 0 Å². The highest BCUT2D eigenvalue weighted by Gasteiger charge is 2.19. The molecule has 2 aromatic rings. The number of ether oxygens (including phenoxy) is 1. The average molecular weight is 286 g/mol. The number of hydrogen-bond donors (Lipinski definition) is 2. The summed E-state index contributed by atoms with van der Waals surface area (Å²) in [5.41, 5.74) is 0.978. The molecule has 1 aliphatic rings. The van der Waals surface area contributed by atoms with Crippen molar-refractivity contribution in [3.05, 3.63) is 35.9 Å². The molecule has 1 aromatic carbocycles. The van der Waals surface area contributed by atoms with Crippen LogP contribution in [0, 0.1) is 0 Å². The summed E-state index contributed by atoms with van der Waals surface area (Å²) in [5, 5.41) is 13.3. The van der Waals surface area contributed by atoms with E-state index in [0.717, 1.165) is 25.3 Å². The number of rotatable bonds is 3. The predicted molar refractivity (Wildman–Crippen MR) is 80.8 cm³/mol. The van der Waals surface area contributed by atoms with Crippen molar-refractivity contribution in [2.24, 2.45) is 0 Å². The number of pyridine rings is 1. The maximum Gasteiger partial charge on any atom is 0.336 e. The number of aromatic nitrogens is 1. The predicted octanol–water partition coefficient (Wildman–Crippen LogP) is 2.91. The van der Waals surface area contributed by atoms with Gasteiger partial charge in [0.1, 0.15) is 5.82 Å². The number of nitrogens with zero attached hydrogens (tertiary/aromatic N) is 1. The Kier molecular flexibility index (Phi) is 3.75. The summed E-state index contributed by atoms with van der Waals surface area (Å²) < 4.78 is 5.53. The first-order valence-electron chi connectivity index (χ1n) is 7.14. The summed E-state index contributed by atoms with van der Waals surface area (Å²) in [7, 11) is 0. The molecule has 0 aliphatic carbocycles. The average Bonchev–Trinajstić information content (AvgIpc) is 2.46. The molecule has 2 N–H and O–H groups in total. The normalized spacial score (nSPS) is 22.1. The lowest BCUT2D eigenvalue weighted by molar-refractivity contribution is 0.0232. The third-order valence-corrected chi connectivity index (χ3v) is 3.80. The third-order valence-electron chi connectivity index (χ3n) is 3.80. The number of fused-ring (bicyclic) bond motifs is 1. The lowest BCUT2D eigenvalue weighted by Crippen LogP contribution is -2.32. The largest absolute Gasteiger partial charge is 0.478 e. The van der Waals surface area contributed by atoms with Gasteiger partial charge in [-0.25, -0.2) is 9.78 Å². The van der Waals surface area contributed by atoms with E-state index in [1.807, 2.05) is 18.2 Å². The van der Waals surface area contributed by atoms with Gasteiger partial charge in [-0.1, -0.05) is 6.07 Å². The molecule has 0 bridgehead atoms. The molecule has 110 valence electrons. The van der Waals surface area contributed by atoms with Gasteiger partial charge in [0.25, 0.3) is 0 Å². The molecule has 1 saturated heterocycles. The van der Waals surface area contributed by atoms with E-state index in [1.54, 1.807) is 12.1 Å². The molecule has 2 unspecified atom stereocenters. The zero-order valence-corrected chi connectivity index (χ0v) is 11.9. The van der Waals surface area contributed by atoms with Crippen LogP contribution >= 0.6 is 0 Å². The van der Waals surface area contributed by atoms with E-state index in [1.165, 1.54) is 0 Å². The zero-order chi connectivity index (χ0) is 14.8. The van der Waals surface area contributed by atoms with Gasteiger partial charge in [0, 0.05) is 18.0 Å². The third kappa shape index (κ3) is 2.97. The minimum Gasteiger partial charge on any atom is -0.478 e. The van der Waals surface area contributed by atoms with Crippen LogP contribution in [0.4, 0.5) is 5.82 Å². The van der Waals surface area contributed by atoms with Gasteiger partial charge < -0.3 is 15.2 Å². The fourth-order valence-electron chi connectivity index (χ4n) is 2.76. The first kappa shape index (κ1) is 13.8. The highest BCUT2D eigenvalue weighted by atomic mass is 16.5. The summed E-state index contributed by atoms with van der Waals surface area (Å²) in [4.78, 5) is 15.7. The second-order valence-corrected chi connectivity index (χ2v) is 5.42. The van der Waals surface area contributed by atoms with Crippen molar-refractivity contribution in [2.75, 3.05) is 11.9 Å². The van der Waals surface area contributed by atoms with Crippen molar-refractivity contribution in [3.63, 3.8) is 0 Å². The molecule has 1 aromatic heterocycles. The summed E-state index contributed by atoms with van der Waals surface area (Å²) in [6.45, 7) is 2.83. The van der Waals surface area contributed by atoms with E-state index in [9.17, 15) is 9.90 Å². The summed E-state index contributed by atoms with van der Waals surface area (Å²) in [6.07, 6.45) is 2.17. The lowest BCUT2D eigenvalue weighted by atomic mass is 10.0. The van der Waals surface area contributed by atoms with Gasteiger partial charge in [-0.3, -0.25) is 0 Å². The Bertz CT molecular complexity index is 672. The van der Waals surface area contributed by atoms with Crippen LogP contribution < -0.4 is 5.32 Å². The molecule has 21 heavy (non-hydrogen) atoms. The van der Waals surface area contributed by atoms with E-state index in [0.29, 0.717) is 16.9 Å². The van der Waals surface area contributed by atoms with Crippen LogP contribution in [0.15, 0.2) is 30.3 Å². The second kappa shape index (κ2) is 5.69. The minimum atomic E-state index is -0.929. The van der Waals surface area contributed by atoms with Crippen molar-refractivity contribution >= 4 is 22.7 Å². The number of carbonyl (C=O) groups is 1. The minimum absolute atomic E-state index is 0.260. The fourth-order valence-corrected chi connectivity index (χ4v) is 2.76. The highest BCUT2D eigenvalue weighted by Crippen LogP contribution is 2.22. The number of aromatic carboxylic acids is 1. The van der Waals surface area contributed by atoms with Crippen molar-refractivity contribution in [2.45, 2.75) is 31.9 Å². The SMILES string of the molecule is CC1CC(Nc2ccc3c(C(=O)O)cccc3n2)CCO1. The number of benzene rings is 1. The first-order valence-corrected chi connectivity index (χ1v) is 7.14. The second-order valence-electron chi connectivity index (χ2n) is 5.42. The molecule has 2 atom stereocenters. The summed E-state index contributed by atoms with van der Waals surface area (Å²) in [6, 6.07) is 9.16. The Morgan fingerprint density at radius 1 is 1.38 bits per heavy atom. The molecule has 5 nitrogen and oxygen atoms in total. The Morgan fingerprint density at radius 2 is 2.24 bits per heavy atom. The number of hydrogen-bond acceptors (Lipinski definition) is 4. The van der Waals surface area contributed by atoms with Gasteiger partial charge in [-0.05, 0) is 44.0 Å². The number of carboxylic acids is 1. The van der Waals surface area contributed by atoms with Gasteiger partial charge in [-0.15, -0.1) is 0 Å². The van der Waals surface area contributed by atoms with Crippen LogP contribution in [0.25, 0.3) is 10.9 Å². The quantitative estimate of drug-likeness (QED) is 0.907. The van der Waals surface area contributed by atoms with E-state index >= 15 is 0 Å². The molecule has 0 spiro atoms. The molecular weight excluding hydrogens is 268 g/mol. The standard InChI is InChI=1S/C16H18N2O3/c1-10-9-11(7-8-21-10)17-15-6-5-12-13(16(19)20)3-2-4-14(12)18-15/h2-6,10-11H,7-9H2,1H3,(H,17,18)(H,19,20). The molecule has 0 saturated carbocycles. The van der Waals surface area contributed by atoms with Crippen LogP contribution in [-0.4, -0.2) is 34.8 Å². The fraction of sp³-hybridized carbons (Fsp3) is 0.375. The Morgan fingerprint density at radius 3 is 3.00 bits per heavy atom. The van der Waals surface area contributed by atoms with Crippen LogP contribution in [0.2, 0.25) is 0 Å². The topological polar surface area (TPSA) is 71.5 Å². The highest BCUT2D eigenvalue weighted by molar-refractivity contribution is 6.02. The van der Waals surface area contributed by atoms with Crippen LogP contribution in [0.5, 0.6) is 0 Å². The van der Waals surface area contributed by atoms with E-state index < -0.39 is 5.97 Å². The monoisotopic (exact) mass is 286 g/mol. The Labute approximate surface area is 123 Å². The molecular formula is C16H18N2O3. The Balaban J connectivity index is 1.86. The molecule has 3 rings (SSSR count). The number of carboxylic acid groups (broad SMARTS) is 1. The summed E-state index contributed by atoms with van der Waals surface area (Å²) >= 11 is 0. The van der Waals surface area contributed by atoms with Crippen LogP contribution in [0.3, 0.4) is 0 Å². The maximum absolute atomic E-state index is 11.2. The van der Waals surface area contributed by atoms with Gasteiger partial charge in [0.05, 0.1) is 17.2 Å². The van der Waals surface area contributed by atoms with E-state index in [-0.39, 0.29) is 11.7 Å². The smallest absolute Gasteiger partial charge is 0.336 e. The van der Waals surface area contributed by atoms with Crippen molar-refractivity contribution in [1.29, 1.82) is 0 Å². The van der Waals surface area contributed by atoms with Gasteiger partial charge >= 0.3 is 5.97 Å². The molecule has 0 radical (unpaired) electrons. The van der Waals surface area contributed by atoms with Crippen molar-refractivity contribution < 1.29 is 14.6 Å². The van der Waals surface area contributed by atoms with Crippen molar-refractivity contribution in [1.82, 2.24) is 4.98 Å². The Hall–Kier alpha value is -2.14. The number of nitrogens with one attached hydrogen (secondary N) is 1. The van der Waals surface area contributed by atoms with E-state index in [2.05, 4.69) is 17.2 Å². The molecule has 1 fully saturated rings. The van der Waals surface area contributed by atoms with Gasteiger partial charge in [0.15, 0.2) is 0 Å². The van der Waals surface area contributed by atoms with Crippen LogP contribution in [-0.2, 0) is 4.74 Å². The lowest BCUT2D eigenvalue weighted by Gasteiger charge is -2.28. The van der Waals surface area contributed by atoms with Crippen LogP contribution in [0.1, 0.15) is 30.1 Å². The van der Waals surface area contributed by atoms with Crippen molar-refractivity contribution in [3.8, 4) is 0 Å². The summed E-state index contributed by atoms with van der Waals surface area (Å²) in [5.74, 6) is -0.148. The van der Waals surface area contributed by atoms with E-state index in [4.69, 9.17) is 4.74 Å². The molecule has 5 heteroatoms. The van der Waals surface area contributed by atoms with Gasteiger partial charge in [0.2, 0.25) is 0 Å². The molecule has 1 aliphatic heterocycles. The maximum atomic E-state index is 11.2. The first-order chi connectivity index (χ1) is 10.1. The molecule has 2 heterocycles. The number of anilines is 1. The zero-order valence-electron chi connectivity index (χ0n) is 11.9.